The number of fused-ring (bicyclic) bond motifs is 1. The Morgan fingerprint density at radius 2 is 1.78 bits per heavy atom. The second kappa shape index (κ2) is 21.1. The van der Waals surface area contributed by atoms with E-state index in [0.717, 1.165) is 65.2 Å². The van der Waals surface area contributed by atoms with Gasteiger partial charge in [0.15, 0.2) is 5.82 Å². The minimum absolute atomic E-state index is 0.250. The van der Waals surface area contributed by atoms with Gasteiger partial charge in [-0.25, -0.2) is 9.97 Å². The molecule has 1 saturated heterocycles. The van der Waals surface area contributed by atoms with Crippen LogP contribution in [-0.2, 0) is 4.79 Å². The van der Waals surface area contributed by atoms with Crippen LogP contribution in [0, 0.1) is 13.8 Å². The Hall–Kier alpha value is -3.65. The lowest BCUT2D eigenvalue weighted by molar-refractivity contribution is -0.106. The third-order valence-corrected chi connectivity index (χ3v) is 6.49. The molecule has 224 valence electrons. The summed E-state index contributed by atoms with van der Waals surface area (Å²) in [6.45, 7) is 15.2. The number of anilines is 1. The highest BCUT2D eigenvalue weighted by Crippen LogP contribution is 2.34. The maximum Gasteiger partial charge on any atom is 0.204 e. The Morgan fingerprint density at radius 3 is 2.41 bits per heavy atom. The summed E-state index contributed by atoms with van der Waals surface area (Å²) >= 11 is 0. The summed E-state index contributed by atoms with van der Waals surface area (Å²) < 4.78 is 16.0. The van der Waals surface area contributed by atoms with Crippen LogP contribution in [-0.4, -0.2) is 47.1 Å². The first-order chi connectivity index (χ1) is 20.0. The maximum atomic E-state index is 16.0. The van der Waals surface area contributed by atoms with E-state index in [1.54, 1.807) is 12.4 Å². The van der Waals surface area contributed by atoms with Crippen LogP contribution in [0.4, 0.5) is 10.3 Å². The molecule has 7 nitrogen and oxygen atoms in total. The van der Waals surface area contributed by atoms with Gasteiger partial charge in [0.2, 0.25) is 6.41 Å². The van der Waals surface area contributed by atoms with Crippen molar-refractivity contribution in [2.75, 3.05) is 24.8 Å². The van der Waals surface area contributed by atoms with Gasteiger partial charge in [-0.15, -0.1) is 0 Å². The SMILES string of the molecule is CC.CC=N/C=C\CC.Cc1cccc(C(CCN2CCCCC2)N(F)c2ncnc3c(C)cccc23)c1.NC=O. The number of piperidine rings is 1. The molecule has 1 aliphatic rings. The van der Waals surface area contributed by atoms with Gasteiger partial charge in [-0.2, -0.15) is 5.12 Å². The third kappa shape index (κ3) is 12.2. The number of aryl methyl sites for hydroxylation is 2. The monoisotopic (exact) mass is 564 g/mol. The highest BCUT2D eigenvalue weighted by atomic mass is 19.2. The molecule has 1 aromatic heterocycles. The van der Waals surface area contributed by atoms with E-state index < -0.39 is 0 Å². The van der Waals surface area contributed by atoms with Gasteiger partial charge in [0.05, 0.1) is 11.6 Å². The van der Waals surface area contributed by atoms with Crippen molar-refractivity contribution in [3.8, 4) is 0 Å². The van der Waals surface area contributed by atoms with Gasteiger partial charge in [0.1, 0.15) is 6.33 Å². The number of aromatic nitrogens is 2. The number of amides is 1. The Labute approximate surface area is 246 Å². The van der Waals surface area contributed by atoms with Crippen molar-refractivity contribution in [3.63, 3.8) is 0 Å². The van der Waals surface area contributed by atoms with Crippen molar-refractivity contribution in [1.82, 2.24) is 14.9 Å². The van der Waals surface area contributed by atoms with Crippen molar-refractivity contribution in [3.05, 3.63) is 77.8 Å². The second-order valence-electron chi connectivity index (χ2n) is 9.44. The van der Waals surface area contributed by atoms with Crippen LogP contribution < -0.4 is 10.9 Å². The molecule has 1 amide bonds. The molecular formula is C33H49FN6O. The Kier molecular flexibility index (Phi) is 18.2. The molecule has 1 fully saturated rings. The van der Waals surface area contributed by atoms with Crippen LogP contribution in [0.25, 0.3) is 10.9 Å². The lowest BCUT2D eigenvalue weighted by Crippen LogP contribution is -2.33. The molecule has 2 heterocycles. The summed E-state index contributed by atoms with van der Waals surface area (Å²) in [5, 5.41) is 1.62. The van der Waals surface area contributed by atoms with E-state index in [2.05, 4.69) is 51.6 Å². The zero-order chi connectivity index (χ0) is 30.5. The molecule has 0 aliphatic carbocycles. The van der Waals surface area contributed by atoms with E-state index in [4.69, 9.17) is 4.79 Å². The van der Waals surface area contributed by atoms with Gasteiger partial charge in [0.25, 0.3) is 0 Å². The molecule has 8 heteroatoms. The minimum Gasteiger partial charge on any atom is -0.372 e. The molecule has 41 heavy (non-hydrogen) atoms. The largest absolute Gasteiger partial charge is 0.372 e. The number of nitrogens with two attached hydrogens (primary N) is 1. The van der Waals surface area contributed by atoms with Crippen molar-refractivity contribution in [2.45, 2.75) is 79.7 Å². The summed E-state index contributed by atoms with van der Waals surface area (Å²) in [7, 11) is 0. The third-order valence-electron chi connectivity index (χ3n) is 6.49. The number of primary amides is 1. The fourth-order valence-corrected chi connectivity index (χ4v) is 4.57. The lowest BCUT2D eigenvalue weighted by atomic mass is 10.00. The zero-order valence-electron chi connectivity index (χ0n) is 25.8. The van der Waals surface area contributed by atoms with Crippen molar-refractivity contribution >= 4 is 29.3 Å². The molecule has 2 aromatic carbocycles. The molecular weight excluding hydrogens is 515 g/mol. The van der Waals surface area contributed by atoms with E-state index in [0.29, 0.717) is 5.82 Å². The zero-order valence-corrected chi connectivity index (χ0v) is 25.8. The average Bonchev–Trinajstić information content (AvgIpc) is 3.00. The smallest absolute Gasteiger partial charge is 0.204 e. The Bertz CT molecular complexity index is 1190. The number of para-hydroxylation sites is 1. The number of rotatable bonds is 8. The number of aliphatic imine (C=N–C) groups is 1. The predicted molar refractivity (Wildman–Crippen MR) is 172 cm³/mol. The van der Waals surface area contributed by atoms with Crippen LogP contribution in [0.3, 0.4) is 0 Å². The number of hydrogen-bond acceptors (Lipinski definition) is 6. The van der Waals surface area contributed by atoms with Crippen LogP contribution in [0.15, 0.2) is 66.1 Å². The average molecular weight is 565 g/mol. The molecule has 2 N–H and O–H groups in total. The summed E-state index contributed by atoms with van der Waals surface area (Å²) in [6.07, 6.45) is 12.9. The summed E-state index contributed by atoms with van der Waals surface area (Å²) in [5.41, 5.74) is 8.13. The molecule has 3 aromatic rings. The molecule has 0 saturated carbocycles. The van der Waals surface area contributed by atoms with Crippen LogP contribution in [0.5, 0.6) is 0 Å². The minimum atomic E-state index is -0.379. The number of allylic oxidation sites excluding steroid dienone is 1. The van der Waals surface area contributed by atoms with E-state index in [-0.39, 0.29) is 12.5 Å². The second-order valence-corrected chi connectivity index (χ2v) is 9.44. The van der Waals surface area contributed by atoms with Crippen LogP contribution >= 0.6 is 0 Å². The summed E-state index contributed by atoms with van der Waals surface area (Å²) in [6, 6.07) is 13.6. The normalized spacial score (nSPS) is 13.8. The number of hydrogen-bond donors (Lipinski definition) is 1. The van der Waals surface area contributed by atoms with Crippen molar-refractivity contribution < 1.29 is 9.28 Å². The lowest BCUT2D eigenvalue weighted by Gasteiger charge is -2.31. The van der Waals surface area contributed by atoms with Crippen molar-refractivity contribution in [1.29, 1.82) is 0 Å². The molecule has 0 bridgehead atoms. The fraction of sp³-hybridized carbons (Fsp3) is 0.455. The first-order valence-corrected chi connectivity index (χ1v) is 14.7. The Balaban J connectivity index is 0.000000599. The van der Waals surface area contributed by atoms with E-state index in [9.17, 15) is 0 Å². The number of benzene rings is 2. The van der Waals surface area contributed by atoms with Gasteiger partial charge < -0.3 is 10.6 Å². The number of carbonyl (C=O) groups excluding carboxylic acids is 1. The van der Waals surface area contributed by atoms with Gasteiger partial charge >= 0.3 is 0 Å². The quantitative estimate of drug-likeness (QED) is 0.172. The fourth-order valence-electron chi connectivity index (χ4n) is 4.57. The number of halogens is 1. The van der Waals surface area contributed by atoms with Gasteiger partial charge in [-0.3, -0.25) is 9.79 Å². The highest BCUT2D eigenvalue weighted by molar-refractivity contribution is 5.91. The Morgan fingerprint density at radius 1 is 1.10 bits per heavy atom. The molecule has 0 radical (unpaired) electrons. The molecule has 4 rings (SSSR count). The number of nitrogens with zero attached hydrogens (tertiary/aromatic N) is 5. The van der Waals surface area contributed by atoms with Crippen LogP contribution in [0.2, 0.25) is 0 Å². The summed E-state index contributed by atoms with van der Waals surface area (Å²) in [4.78, 5) is 23.6. The highest BCUT2D eigenvalue weighted by Gasteiger charge is 2.25. The maximum absolute atomic E-state index is 16.0. The molecule has 1 aliphatic heterocycles. The molecule has 1 unspecified atom stereocenters. The van der Waals surface area contributed by atoms with E-state index in [1.807, 2.05) is 64.1 Å². The number of carbonyl (C=O) groups is 1. The van der Waals surface area contributed by atoms with Gasteiger partial charge in [-0.05, 0) is 76.7 Å². The van der Waals surface area contributed by atoms with Crippen LogP contribution in [0.1, 0.15) is 82.5 Å². The van der Waals surface area contributed by atoms with E-state index in [1.165, 1.54) is 25.6 Å². The molecule has 1 atom stereocenters. The van der Waals surface area contributed by atoms with E-state index >= 15 is 4.48 Å². The van der Waals surface area contributed by atoms with Gasteiger partial charge in [-0.1, -0.05) is 79.7 Å². The predicted octanol–water partition coefficient (Wildman–Crippen LogP) is 7.68. The van der Waals surface area contributed by atoms with Gasteiger partial charge in [0, 0.05) is 24.3 Å². The standard InChI is InChI=1S/C24H29FN4.C6H11N.C2H6.CH3NO/c1-18-8-6-10-20(16-18)22(12-15-28-13-4-3-5-14-28)29(25)24-21-11-7-9-19(2)23(21)26-17-27-24;1-3-5-6-7-4-2;1-2;2-1-3/h6-11,16-17,22H,3-5,12-15H2,1-2H3;4-6H,3H2,1-2H3;1-2H3;1H,(H2,2,3)/b;6-5-,7-4?;;. The summed E-state index contributed by atoms with van der Waals surface area (Å²) in [5.74, 6) is 0.351. The first kappa shape index (κ1) is 35.4. The first-order valence-electron chi connectivity index (χ1n) is 14.7. The topological polar surface area (TPSA) is 87.7 Å². The number of likely N-dealkylation sites (tertiary alicyclic amines) is 1. The van der Waals surface area contributed by atoms with Crippen molar-refractivity contribution in [2.24, 2.45) is 10.7 Å². The molecule has 0 spiro atoms.